The predicted octanol–water partition coefficient (Wildman–Crippen LogP) is 0.718. The number of hydrogen-bond acceptors (Lipinski definition) is 4. The highest BCUT2D eigenvalue weighted by Crippen LogP contribution is 2.13. The van der Waals surface area contributed by atoms with Crippen LogP contribution in [0, 0.1) is 11.7 Å². The van der Waals surface area contributed by atoms with Crippen LogP contribution in [0.1, 0.15) is 20.8 Å². The molecule has 2 atom stereocenters. The monoisotopic (exact) mass is 346 g/mol. The fourth-order valence-corrected chi connectivity index (χ4v) is 3.09. The molecule has 0 spiro atoms. The van der Waals surface area contributed by atoms with Crippen molar-refractivity contribution in [3.8, 4) is 0 Å². The van der Waals surface area contributed by atoms with Gasteiger partial charge in [0.2, 0.25) is 15.9 Å². The molecule has 0 aliphatic heterocycles. The summed E-state index contributed by atoms with van der Waals surface area (Å²) in [5.41, 5.74) is 0. The van der Waals surface area contributed by atoms with Crippen LogP contribution in [-0.2, 0) is 19.6 Å². The third kappa shape index (κ3) is 5.00. The van der Waals surface area contributed by atoms with Crippen LogP contribution < -0.4 is 10.0 Å². The van der Waals surface area contributed by atoms with E-state index < -0.39 is 44.7 Å². The zero-order chi connectivity index (χ0) is 17.8. The fourth-order valence-electron chi connectivity index (χ4n) is 1.80. The summed E-state index contributed by atoms with van der Waals surface area (Å²) in [6, 6.07) is 2.32. The lowest BCUT2D eigenvalue weighted by molar-refractivity contribution is -0.143. The van der Waals surface area contributed by atoms with Gasteiger partial charge in [-0.25, -0.2) is 17.6 Å². The lowest BCUT2D eigenvalue weighted by Gasteiger charge is -2.21. The molecule has 1 rings (SSSR count). The van der Waals surface area contributed by atoms with E-state index in [0.717, 1.165) is 12.1 Å². The second kappa shape index (κ2) is 7.51. The van der Waals surface area contributed by atoms with E-state index in [1.54, 1.807) is 13.8 Å². The number of hydrogen-bond donors (Lipinski definition) is 3. The van der Waals surface area contributed by atoms with Crippen LogP contribution in [0.25, 0.3) is 0 Å². The number of nitrogens with one attached hydrogen (secondary N) is 2. The minimum atomic E-state index is -4.24. The summed E-state index contributed by atoms with van der Waals surface area (Å²) in [6.07, 6.45) is 0. The van der Waals surface area contributed by atoms with Gasteiger partial charge in [0.05, 0.1) is 6.04 Å². The average Bonchev–Trinajstić information content (AvgIpc) is 2.43. The Balaban J connectivity index is 2.86. The van der Waals surface area contributed by atoms with Gasteiger partial charge in [0.25, 0.3) is 0 Å². The first-order chi connectivity index (χ1) is 10.6. The van der Waals surface area contributed by atoms with Crippen LogP contribution in [-0.4, -0.2) is 37.5 Å². The number of benzene rings is 1. The number of carboxylic acid groups (broad SMARTS) is 1. The summed E-state index contributed by atoms with van der Waals surface area (Å²) in [5, 5.41) is 11.3. The van der Waals surface area contributed by atoms with Gasteiger partial charge in [-0.1, -0.05) is 26.0 Å². The summed E-state index contributed by atoms with van der Waals surface area (Å²) < 4.78 is 39.7. The molecule has 0 bridgehead atoms. The van der Waals surface area contributed by atoms with Gasteiger partial charge in [0.15, 0.2) is 0 Å². The summed E-state index contributed by atoms with van der Waals surface area (Å²) in [7, 11) is -4.24. The van der Waals surface area contributed by atoms with Gasteiger partial charge in [-0.15, -0.1) is 0 Å². The van der Waals surface area contributed by atoms with Gasteiger partial charge in [0.1, 0.15) is 16.8 Å². The van der Waals surface area contributed by atoms with Crippen molar-refractivity contribution in [2.45, 2.75) is 37.8 Å². The molecule has 3 N–H and O–H groups in total. The molecular weight excluding hydrogens is 327 g/mol. The van der Waals surface area contributed by atoms with E-state index >= 15 is 0 Å². The zero-order valence-electron chi connectivity index (χ0n) is 12.9. The summed E-state index contributed by atoms with van der Waals surface area (Å²) >= 11 is 0. The molecule has 9 heteroatoms. The topological polar surface area (TPSA) is 113 Å². The number of carbonyl (C=O) groups excluding carboxylic acids is 1. The van der Waals surface area contributed by atoms with E-state index in [2.05, 4.69) is 5.32 Å². The van der Waals surface area contributed by atoms with Gasteiger partial charge in [-0.05, 0) is 25.0 Å². The van der Waals surface area contributed by atoms with Gasteiger partial charge in [-0.2, -0.15) is 4.72 Å². The molecule has 0 saturated heterocycles. The summed E-state index contributed by atoms with van der Waals surface area (Å²) in [6.45, 7) is 4.45. The highest BCUT2D eigenvalue weighted by atomic mass is 32.2. The molecule has 0 aliphatic rings. The van der Waals surface area contributed by atoms with Gasteiger partial charge < -0.3 is 10.4 Å². The number of carbonyl (C=O) groups is 2. The first kappa shape index (κ1) is 19.0. The van der Waals surface area contributed by atoms with Crippen molar-refractivity contribution in [1.82, 2.24) is 10.0 Å². The molecule has 0 radical (unpaired) electrons. The Morgan fingerprint density at radius 3 is 2.22 bits per heavy atom. The number of amides is 1. The zero-order valence-corrected chi connectivity index (χ0v) is 13.7. The van der Waals surface area contributed by atoms with Gasteiger partial charge in [0, 0.05) is 0 Å². The Bertz CT molecular complexity index is 690. The van der Waals surface area contributed by atoms with E-state index in [4.69, 9.17) is 5.11 Å². The van der Waals surface area contributed by atoms with E-state index in [9.17, 15) is 22.4 Å². The van der Waals surface area contributed by atoms with Crippen molar-refractivity contribution < 1.29 is 27.5 Å². The normalized spacial score (nSPS) is 14.3. The molecule has 23 heavy (non-hydrogen) atoms. The van der Waals surface area contributed by atoms with Crippen LogP contribution in [0.4, 0.5) is 4.39 Å². The molecule has 7 nitrogen and oxygen atoms in total. The lowest BCUT2D eigenvalue weighted by atomic mass is 10.0. The SMILES string of the molecule is CC(NS(=O)(=O)c1ccccc1F)C(=O)N[C@H](C(=O)O)C(C)C. The van der Waals surface area contributed by atoms with E-state index in [-0.39, 0.29) is 5.92 Å². The Labute approximate surface area is 133 Å². The fraction of sp³-hybridized carbons (Fsp3) is 0.429. The molecule has 1 amide bonds. The van der Waals surface area contributed by atoms with Crippen molar-refractivity contribution in [3.63, 3.8) is 0 Å². The quantitative estimate of drug-likeness (QED) is 0.673. The summed E-state index contributed by atoms with van der Waals surface area (Å²) in [5.74, 6) is -3.37. The van der Waals surface area contributed by atoms with E-state index in [1.807, 2.05) is 4.72 Å². The number of sulfonamides is 1. The van der Waals surface area contributed by atoms with Gasteiger partial charge in [-0.3, -0.25) is 4.79 Å². The number of rotatable bonds is 7. The maximum atomic E-state index is 13.6. The standard InChI is InChI=1S/C14H19FN2O5S/c1-8(2)12(14(19)20)16-13(18)9(3)17-23(21,22)11-7-5-4-6-10(11)15/h4-9,12,17H,1-3H3,(H,16,18)(H,19,20)/t9?,12-/m0/s1. The molecular formula is C14H19FN2O5S. The first-order valence-corrected chi connectivity index (χ1v) is 8.34. The lowest BCUT2D eigenvalue weighted by Crippen LogP contribution is -2.52. The smallest absolute Gasteiger partial charge is 0.326 e. The maximum Gasteiger partial charge on any atom is 0.326 e. The van der Waals surface area contributed by atoms with Crippen LogP contribution in [0.5, 0.6) is 0 Å². The third-order valence-electron chi connectivity index (χ3n) is 3.08. The molecule has 0 heterocycles. The molecule has 0 aromatic heterocycles. The highest BCUT2D eigenvalue weighted by molar-refractivity contribution is 7.89. The minimum Gasteiger partial charge on any atom is -0.480 e. The molecule has 0 fully saturated rings. The van der Waals surface area contributed by atoms with Crippen LogP contribution in [0.3, 0.4) is 0 Å². The predicted molar refractivity (Wildman–Crippen MR) is 80.6 cm³/mol. The third-order valence-corrected chi connectivity index (χ3v) is 4.66. The second-order valence-electron chi connectivity index (χ2n) is 5.34. The Kier molecular flexibility index (Phi) is 6.22. The highest BCUT2D eigenvalue weighted by Gasteiger charge is 2.29. The number of aliphatic carboxylic acids is 1. The van der Waals surface area contributed by atoms with Crippen molar-refractivity contribution >= 4 is 21.9 Å². The Hall–Kier alpha value is -2.00. The molecule has 1 aromatic carbocycles. The van der Waals surface area contributed by atoms with Crippen molar-refractivity contribution in [2.75, 3.05) is 0 Å². The van der Waals surface area contributed by atoms with Crippen molar-refractivity contribution in [2.24, 2.45) is 5.92 Å². The first-order valence-electron chi connectivity index (χ1n) is 6.86. The molecule has 0 aliphatic carbocycles. The minimum absolute atomic E-state index is 0.383. The van der Waals surface area contributed by atoms with Crippen LogP contribution >= 0.6 is 0 Å². The van der Waals surface area contributed by atoms with E-state index in [0.29, 0.717) is 0 Å². The second-order valence-corrected chi connectivity index (χ2v) is 7.02. The largest absolute Gasteiger partial charge is 0.480 e. The average molecular weight is 346 g/mol. The molecule has 1 unspecified atom stereocenters. The molecule has 1 aromatic rings. The van der Waals surface area contributed by atoms with Gasteiger partial charge >= 0.3 is 5.97 Å². The Morgan fingerprint density at radius 1 is 1.17 bits per heavy atom. The van der Waals surface area contributed by atoms with Crippen molar-refractivity contribution in [1.29, 1.82) is 0 Å². The maximum absolute atomic E-state index is 13.6. The van der Waals surface area contributed by atoms with Crippen molar-refractivity contribution in [3.05, 3.63) is 30.1 Å². The molecule has 128 valence electrons. The Morgan fingerprint density at radius 2 is 1.74 bits per heavy atom. The van der Waals surface area contributed by atoms with E-state index in [1.165, 1.54) is 19.1 Å². The van der Waals surface area contributed by atoms with Crippen LogP contribution in [0.15, 0.2) is 29.2 Å². The van der Waals surface area contributed by atoms with Crippen LogP contribution in [0.2, 0.25) is 0 Å². The molecule has 0 saturated carbocycles. The summed E-state index contributed by atoms with van der Waals surface area (Å²) in [4.78, 5) is 22.4. The number of carboxylic acids is 1. The number of halogens is 1.